The molecule has 0 saturated heterocycles. The second-order valence-electron chi connectivity index (χ2n) is 5.07. The first-order valence-electron chi connectivity index (χ1n) is 7.12. The van der Waals surface area contributed by atoms with Gasteiger partial charge in [-0.05, 0) is 24.6 Å². The Kier molecular flexibility index (Phi) is 4.78. The van der Waals surface area contributed by atoms with E-state index < -0.39 is 0 Å². The highest BCUT2D eigenvalue weighted by atomic mass is 79.9. The van der Waals surface area contributed by atoms with E-state index in [-0.39, 0.29) is 9.30 Å². The number of para-hydroxylation sites is 1. The quantitative estimate of drug-likeness (QED) is 0.545. The Bertz CT molecular complexity index is 875. The first-order chi connectivity index (χ1) is 11.1. The summed E-state index contributed by atoms with van der Waals surface area (Å²) in [6.07, 6.45) is 0. The Hall–Kier alpha value is -1.72. The summed E-state index contributed by atoms with van der Waals surface area (Å²) in [6, 6.07) is 19.5. The van der Waals surface area contributed by atoms with Crippen molar-refractivity contribution in [1.29, 1.82) is 0 Å². The van der Waals surface area contributed by atoms with Gasteiger partial charge in [0.2, 0.25) is 0 Å². The van der Waals surface area contributed by atoms with Crippen molar-refractivity contribution in [2.75, 3.05) is 0 Å². The molecule has 0 atom stereocenters. The fourth-order valence-electron chi connectivity index (χ4n) is 2.63. The van der Waals surface area contributed by atoms with Gasteiger partial charge in [0.05, 0.1) is 5.56 Å². The van der Waals surface area contributed by atoms with Crippen molar-refractivity contribution in [2.24, 2.45) is 0 Å². The van der Waals surface area contributed by atoms with Crippen LogP contribution in [-0.4, -0.2) is 9.55 Å². The normalized spacial score (nSPS) is 11.0. The number of hydrogen-bond donors (Lipinski definition) is 0. The van der Waals surface area contributed by atoms with Crippen molar-refractivity contribution >= 4 is 31.9 Å². The van der Waals surface area contributed by atoms with Gasteiger partial charge in [0.1, 0.15) is 9.56 Å². The number of alkyl halides is 2. The summed E-state index contributed by atoms with van der Waals surface area (Å²) in [6.45, 7) is 1.95. The Labute approximate surface area is 151 Å². The average Bonchev–Trinajstić information content (AvgIpc) is 2.56. The van der Waals surface area contributed by atoms with E-state index in [9.17, 15) is 4.79 Å². The van der Waals surface area contributed by atoms with Gasteiger partial charge >= 0.3 is 0 Å². The van der Waals surface area contributed by atoms with E-state index in [1.54, 1.807) is 0 Å². The predicted octanol–water partition coefficient (Wildman–Crippen LogP) is 5.00. The average molecular weight is 434 g/mol. The Morgan fingerprint density at radius 2 is 1.52 bits per heavy atom. The first kappa shape index (κ1) is 16.1. The van der Waals surface area contributed by atoms with Crippen LogP contribution in [-0.2, 0) is 0 Å². The van der Waals surface area contributed by atoms with E-state index in [1.165, 1.54) is 0 Å². The summed E-state index contributed by atoms with van der Waals surface area (Å²) < 4.78 is 1.78. The maximum Gasteiger partial charge on any atom is 0.281 e. The van der Waals surface area contributed by atoms with Crippen molar-refractivity contribution in [3.63, 3.8) is 0 Å². The molecule has 0 saturated carbocycles. The third kappa shape index (κ3) is 3.16. The maximum absolute atomic E-state index is 12.6. The van der Waals surface area contributed by atoms with E-state index in [0.29, 0.717) is 11.4 Å². The van der Waals surface area contributed by atoms with Crippen molar-refractivity contribution in [3.05, 3.63) is 82.5 Å². The van der Waals surface area contributed by atoms with E-state index in [4.69, 9.17) is 0 Å². The van der Waals surface area contributed by atoms with Crippen LogP contribution in [0.15, 0.2) is 65.5 Å². The van der Waals surface area contributed by atoms with E-state index in [0.717, 1.165) is 16.9 Å². The molecular weight excluding hydrogens is 420 g/mol. The van der Waals surface area contributed by atoms with Crippen molar-refractivity contribution in [1.82, 2.24) is 9.55 Å². The molecule has 0 amide bonds. The number of benzene rings is 2. The highest BCUT2D eigenvalue weighted by molar-refractivity contribution is 9.24. The molecule has 5 heteroatoms. The number of rotatable bonds is 3. The van der Waals surface area contributed by atoms with Gasteiger partial charge in [0.15, 0.2) is 0 Å². The van der Waals surface area contributed by atoms with Gasteiger partial charge in [-0.2, -0.15) is 4.98 Å². The van der Waals surface area contributed by atoms with Crippen LogP contribution >= 0.6 is 31.9 Å². The Morgan fingerprint density at radius 1 is 0.957 bits per heavy atom. The fraction of sp³-hybridized carbons (Fsp3) is 0.111. The van der Waals surface area contributed by atoms with E-state index in [1.807, 2.05) is 72.2 Å². The molecule has 0 aliphatic heterocycles. The number of nitrogens with zero attached hydrogens (tertiary/aromatic N) is 2. The molecule has 3 rings (SSSR count). The molecule has 116 valence electrons. The summed E-state index contributed by atoms with van der Waals surface area (Å²) >= 11 is 6.95. The lowest BCUT2D eigenvalue weighted by molar-refractivity contribution is 0.848. The van der Waals surface area contributed by atoms with Crippen LogP contribution < -0.4 is 5.56 Å². The van der Waals surface area contributed by atoms with Gasteiger partial charge < -0.3 is 0 Å². The zero-order valence-electron chi connectivity index (χ0n) is 12.4. The largest absolute Gasteiger partial charge is 0.300 e. The highest BCUT2D eigenvalue weighted by Gasteiger charge is 2.19. The monoisotopic (exact) mass is 432 g/mol. The first-order valence-corrected chi connectivity index (χ1v) is 8.95. The zero-order valence-corrected chi connectivity index (χ0v) is 15.6. The molecule has 0 fully saturated rings. The minimum Gasteiger partial charge on any atom is -0.300 e. The SMILES string of the molecule is Cc1c(-c2ccccc2)c(=O)nc(C(Br)Br)n1-c1ccccc1. The highest BCUT2D eigenvalue weighted by Crippen LogP contribution is 2.31. The molecule has 23 heavy (non-hydrogen) atoms. The molecule has 2 aromatic carbocycles. The molecule has 0 aliphatic rings. The van der Waals surface area contributed by atoms with Gasteiger partial charge in [-0.3, -0.25) is 9.36 Å². The maximum atomic E-state index is 12.6. The zero-order chi connectivity index (χ0) is 16.4. The fourth-order valence-corrected chi connectivity index (χ4v) is 3.25. The predicted molar refractivity (Wildman–Crippen MR) is 101 cm³/mol. The van der Waals surface area contributed by atoms with Crippen molar-refractivity contribution in [3.8, 4) is 16.8 Å². The minimum absolute atomic E-state index is 0.216. The van der Waals surface area contributed by atoms with Crippen LogP contribution in [0.2, 0.25) is 0 Å². The smallest absolute Gasteiger partial charge is 0.281 e. The lowest BCUT2D eigenvalue weighted by atomic mass is 10.1. The summed E-state index contributed by atoms with van der Waals surface area (Å²) in [5, 5.41) is 0. The molecule has 3 aromatic rings. The van der Waals surface area contributed by atoms with Crippen LogP contribution in [0.4, 0.5) is 0 Å². The van der Waals surface area contributed by atoms with Gasteiger partial charge in [0.25, 0.3) is 5.56 Å². The molecule has 1 aromatic heterocycles. The Balaban J connectivity index is 2.36. The summed E-state index contributed by atoms with van der Waals surface area (Å²) in [5.74, 6) is 0.624. The Morgan fingerprint density at radius 3 is 2.09 bits per heavy atom. The molecular formula is C18H14Br2N2O. The topological polar surface area (TPSA) is 34.9 Å². The van der Waals surface area contributed by atoms with Crippen LogP contribution in [0.5, 0.6) is 0 Å². The number of aromatic nitrogens is 2. The van der Waals surface area contributed by atoms with E-state index in [2.05, 4.69) is 36.8 Å². The van der Waals surface area contributed by atoms with Crippen LogP contribution in [0, 0.1) is 6.92 Å². The second-order valence-corrected chi connectivity index (χ2v) is 8.13. The molecule has 0 spiro atoms. The number of halogens is 2. The van der Waals surface area contributed by atoms with Crippen LogP contribution in [0.3, 0.4) is 0 Å². The van der Waals surface area contributed by atoms with Gasteiger partial charge in [0, 0.05) is 11.4 Å². The van der Waals surface area contributed by atoms with Crippen LogP contribution in [0.25, 0.3) is 16.8 Å². The minimum atomic E-state index is -0.222. The molecule has 0 unspecified atom stereocenters. The van der Waals surface area contributed by atoms with Gasteiger partial charge in [-0.15, -0.1) is 0 Å². The third-order valence-corrected chi connectivity index (χ3v) is 4.45. The lowest BCUT2D eigenvalue weighted by Gasteiger charge is -2.19. The van der Waals surface area contributed by atoms with Gasteiger partial charge in [-0.1, -0.05) is 80.4 Å². The summed E-state index contributed by atoms with van der Waals surface area (Å²) in [5.41, 5.74) is 3.10. The lowest BCUT2D eigenvalue weighted by Crippen LogP contribution is -2.21. The molecule has 3 nitrogen and oxygen atoms in total. The van der Waals surface area contributed by atoms with E-state index >= 15 is 0 Å². The standard InChI is InChI=1S/C18H14Br2N2O/c1-12-15(13-8-4-2-5-9-13)18(23)21-17(16(19)20)22(12)14-10-6-3-7-11-14/h2-11,16H,1H3. The molecule has 0 aliphatic carbocycles. The summed E-state index contributed by atoms with van der Waals surface area (Å²) in [4.78, 5) is 16.9. The van der Waals surface area contributed by atoms with Crippen molar-refractivity contribution in [2.45, 2.75) is 10.7 Å². The number of hydrogen-bond acceptors (Lipinski definition) is 2. The van der Waals surface area contributed by atoms with Crippen molar-refractivity contribution < 1.29 is 0 Å². The molecule has 1 heterocycles. The van der Waals surface area contributed by atoms with Gasteiger partial charge in [-0.25, -0.2) is 0 Å². The molecule has 0 radical (unpaired) electrons. The molecule has 0 N–H and O–H groups in total. The summed E-state index contributed by atoms with van der Waals surface area (Å²) in [7, 11) is 0. The molecule has 0 bridgehead atoms. The third-order valence-electron chi connectivity index (χ3n) is 3.63. The van der Waals surface area contributed by atoms with Crippen LogP contribution in [0.1, 0.15) is 15.3 Å². The second kappa shape index (κ2) is 6.81.